The van der Waals surface area contributed by atoms with E-state index >= 15 is 0 Å². The van der Waals surface area contributed by atoms with Gasteiger partial charge in [-0.25, -0.2) is 12.8 Å². The summed E-state index contributed by atoms with van der Waals surface area (Å²) in [7, 11) is -3.88. The molecule has 1 aliphatic rings. The summed E-state index contributed by atoms with van der Waals surface area (Å²) in [6.07, 6.45) is 2.58. The van der Waals surface area contributed by atoms with Gasteiger partial charge in [-0.2, -0.15) is 9.98 Å². The van der Waals surface area contributed by atoms with Crippen molar-refractivity contribution in [2.45, 2.75) is 43.0 Å². The second-order valence-corrected chi connectivity index (χ2v) is 7.12. The Balaban J connectivity index is 2.25. The van der Waals surface area contributed by atoms with Crippen molar-refractivity contribution in [3.8, 4) is 6.07 Å². The Morgan fingerprint density at radius 2 is 2.05 bits per heavy atom. The van der Waals surface area contributed by atoms with Crippen LogP contribution in [0.15, 0.2) is 29.2 Å². The molecule has 1 N–H and O–H groups in total. The van der Waals surface area contributed by atoms with Crippen LogP contribution in [0.5, 0.6) is 0 Å². The SMILES string of the molecule is CC1CCC(C#N)(NS(=O)(=O)c2cccc(F)c2)CC1. The lowest BCUT2D eigenvalue weighted by Gasteiger charge is -2.33. The number of nitrogens with zero attached hydrogens (tertiary/aromatic N) is 1. The normalized spacial score (nSPS) is 26.9. The second-order valence-electron chi connectivity index (χ2n) is 5.44. The molecule has 6 heteroatoms. The molecule has 1 aliphatic carbocycles. The Kier molecular flexibility index (Phi) is 4.11. The number of hydrogen-bond donors (Lipinski definition) is 1. The van der Waals surface area contributed by atoms with Crippen molar-refractivity contribution >= 4 is 10.0 Å². The van der Waals surface area contributed by atoms with Crippen LogP contribution in [0, 0.1) is 23.1 Å². The molecule has 0 amide bonds. The van der Waals surface area contributed by atoms with Gasteiger partial charge in [0.1, 0.15) is 11.4 Å². The zero-order valence-electron chi connectivity index (χ0n) is 11.3. The standard InChI is InChI=1S/C14H17FN2O2S/c1-11-5-7-14(10-16,8-6-11)17-20(18,19)13-4-2-3-12(15)9-13/h2-4,9,11,17H,5-8H2,1H3. The van der Waals surface area contributed by atoms with Gasteiger partial charge in [0, 0.05) is 0 Å². The van der Waals surface area contributed by atoms with Crippen LogP contribution in [0.1, 0.15) is 32.6 Å². The fourth-order valence-corrected chi connectivity index (χ4v) is 3.85. The van der Waals surface area contributed by atoms with Crippen LogP contribution in [0.2, 0.25) is 0 Å². The van der Waals surface area contributed by atoms with Gasteiger partial charge in [-0.3, -0.25) is 0 Å². The summed E-state index contributed by atoms with van der Waals surface area (Å²) in [4.78, 5) is -0.147. The van der Waals surface area contributed by atoms with E-state index in [-0.39, 0.29) is 4.90 Å². The van der Waals surface area contributed by atoms with Crippen molar-refractivity contribution in [2.24, 2.45) is 5.92 Å². The highest BCUT2D eigenvalue weighted by Gasteiger charge is 2.38. The first-order valence-corrected chi connectivity index (χ1v) is 8.06. The molecule has 0 spiro atoms. The lowest BCUT2D eigenvalue weighted by Crippen LogP contribution is -2.49. The summed E-state index contributed by atoms with van der Waals surface area (Å²) in [5.74, 6) is -0.119. The minimum absolute atomic E-state index is 0.147. The first-order chi connectivity index (χ1) is 9.37. The smallest absolute Gasteiger partial charge is 0.207 e. The molecule has 0 aliphatic heterocycles. The van der Waals surface area contributed by atoms with Crippen LogP contribution in [0.25, 0.3) is 0 Å². The predicted molar refractivity (Wildman–Crippen MR) is 72.7 cm³/mol. The lowest BCUT2D eigenvalue weighted by atomic mass is 9.79. The average molecular weight is 296 g/mol. The Morgan fingerprint density at radius 1 is 1.40 bits per heavy atom. The number of nitrogens with one attached hydrogen (secondary N) is 1. The van der Waals surface area contributed by atoms with Gasteiger partial charge in [-0.15, -0.1) is 0 Å². The lowest BCUT2D eigenvalue weighted by molar-refractivity contribution is 0.278. The molecular weight excluding hydrogens is 279 g/mol. The van der Waals surface area contributed by atoms with Crippen molar-refractivity contribution < 1.29 is 12.8 Å². The molecule has 0 heterocycles. The molecular formula is C14H17FN2O2S. The Hall–Kier alpha value is -1.45. The molecule has 0 saturated heterocycles. The fourth-order valence-electron chi connectivity index (χ4n) is 2.44. The number of rotatable bonds is 3. The van der Waals surface area contributed by atoms with Gasteiger partial charge in [0.15, 0.2) is 0 Å². The third-order valence-corrected chi connectivity index (χ3v) is 5.31. The molecule has 0 aromatic heterocycles. The summed E-state index contributed by atoms with van der Waals surface area (Å²) in [6, 6.07) is 6.89. The highest BCUT2D eigenvalue weighted by Crippen LogP contribution is 2.32. The van der Waals surface area contributed by atoms with Crippen LogP contribution < -0.4 is 4.72 Å². The molecule has 0 atom stereocenters. The maximum absolute atomic E-state index is 13.1. The number of benzene rings is 1. The van der Waals surface area contributed by atoms with E-state index in [1.165, 1.54) is 18.2 Å². The summed E-state index contributed by atoms with van der Waals surface area (Å²) in [5, 5.41) is 9.34. The van der Waals surface area contributed by atoms with E-state index in [0.29, 0.717) is 18.8 Å². The maximum atomic E-state index is 13.1. The van der Waals surface area contributed by atoms with E-state index in [1.54, 1.807) is 0 Å². The Bertz CT molecular complexity index is 629. The molecule has 1 aromatic rings. The molecule has 0 unspecified atom stereocenters. The van der Waals surface area contributed by atoms with Crippen molar-refractivity contribution in [3.05, 3.63) is 30.1 Å². The van der Waals surface area contributed by atoms with Crippen molar-refractivity contribution in [1.82, 2.24) is 4.72 Å². The minimum atomic E-state index is -3.88. The number of nitriles is 1. The topological polar surface area (TPSA) is 70.0 Å². The van der Waals surface area contributed by atoms with Crippen LogP contribution in [-0.2, 0) is 10.0 Å². The Morgan fingerprint density at radius 3 is 2.60 bits per heavy atom. The summed E-state index contributed by atoms with van der Waals surface area (Å²) in [5.41, 5.74) is -1.07. The van der Waals surface area contributed by atoms with E-state index in [1.807, 2.05) is 0 Å². The predicted octanol–water partition coefficient (Wildman–Crippen LogP) is 2.58. The maximum Gasteiger partial charge on any atom is 0.242 e. The first kappa shape index (κ1) is 14.9. The molecule has 4 nitrogen and oxygen atoms in total. The molecule has 20 heavy (non-hydrogen) atoms. The van der Waals surface area contributed by atoms with Gasteiger partial charge in [0.25, 0.3) is 0 Å². The van der Waals surface area contributed by atoms with Crippen LogP contribution in [-0.4, -0.2) is 14.0 Å². The van der Waals surface area contributed by atoms with Crippen LogP contribution in [0.3, 0.4) is 0 Å². The number of halogens is 1. The van der Waals surface area contributed by atoms with Crippen molar-refractivity contribution in [1.29, 1.82) is 5.26 Å². The molecule has 1 saturated carbocycles. The largest absolute Gasteiger partial charge is 0.242 e. The molecule has 1 aromatic carbocycles. The molecule has 2 rings (SSSR count). The highest BCUT2D eigenvalue weighted by molar-refractivity contribution is 7.89. The number of sulfonamides is 1. The third kappa shape index (κ3) is 3.17. The summed E-state index contributed by atoms with van der Waals surface area (Å²) >= 11 is 0. The van der Waals surface area contributed by atoms with Crippen LogP contribution >= 0.6 is 0 Å². The van der Waals surface area contributed by atoms with Gasteiger partial charge in [-0.05, 0) is 49.8 Å². The average Bonchev–Trinajstić information content (AvgIpc) is 2.41. The highest BCUT2D eigenvalue weighted by atomic mass is 32.2. The molecule has 0 bridgehead atoms. The van der Waals surface area contributed by atoms with Crippen LogP contribution in [0.4, 0.5) is 4.39 Å². The summed E-state index contributed by atoms with van der Waals surface area (Å²) in [6.45, 7) is 2.09. The second kappa shape index (κ2) is 5.51. The van der Waals surface area contributed by atoms with Crippen molar-refractivity contribution in [2.75, 3.05) is 0 Å². The molecule has 108 valence electrons. The number of hydrogen-bond acceptors (Lipinski definition) is 3. The third-order valence-electron chi connectivity index (χ3n) is 3.78. The summed E-state index contributed by atoms with van der Waals surface area (Å²) < 4.78 is 40.2. The zero-order chi connectivity index (χ0) is 14.8. The zero-order valence-corrected chi connectivity index (χ0v) is 12.1. The fraction of sp³-hybridized carbons (Fsp3) is 0.500. The Labute approximate surface area is 118 Å². The quantitative estimate of drug-likeness (QED) is 0.932. The first-order valence-electron chi connectivity index (χ1n) is 6.58. The van der Waals surface area contributed by atoms with E-state index in [0.717, 1.165) is 18.9 Å². The van der Waals surface area contributed by atoms with E-state index < -0.39 is 21.4 Å². The van der Waals surface area contributed by atoms with E-state index in [2.05, 4.69) is 17.7 Å². The monoisotopic (exact) mass is 296 g/mol. The van der Waals surface area contributed by atoms with Gasteiger partial charge in [0.05, 0.1) is 11.0 Å². The van der Waals surface area contributed by atoms with Gasteiger partial charge >= 0.3 is 0 Å². The van der Waals surface area contributed by atoms with Crippen molar-refractivity contribution in [3.63, 3.8) is 0 Å². The van der Waals surface area contributed by atoms with Gasteiger partial charge < -0.3 is 0 Å². The van der Waals surface area contributed by atoms with E-state index in [9.17, 15) is 18.1 Å². The molecule has 1 fully saturated rings. The minimum Gasteiger partial charge on any atom is -0.207 e. The van der Waals surface area contributed by atoms with Gasteiger partial charge in [-0.1, -0.05) is 13.0 Å². The molecule has 0 radical (unpaired) electrons. The van der Waals surface area contributed by atoms with Gasteiger partial charge in [0.2, 0.25) is 10.0 Å². The van der Waals surface area contributed by atoms with E-state index in [4.69, 9.17) is 0 Å².